The molecule has 0 bridgehead atoms. The molecule has 0 unspecified atom stereocenters. The van der Waals surface area contributed by atoms with Crippen LogP contribution >= 0.6 is 0 Å². The largest absolute Gasteiger partial charge is 0.324 e. The molecule has 166 valence electrons. The molecule has 9 heteroatoms. The van der Waals surface area contributed by atoms with Crippen LogP contribution in [0.15, 0.2) is 64.5 Å². The molecule has 1 heterocycles. The first-order chi connectivity index (χ1) is 15.2. The summed E-state index contributed by atoms with van der Waals surface area (Å²) in [5, 5.41) is 2.84. The summed E-state index contributed by atoms with van der Waals surface area (Å²) in [6.07, 6.45) is 0. The molecule has 0 spiro atoms. The van der Waals surface area contributed by atoms with Crippen molar-refractivity contribution >= 4 is 21.7 Å². The molecule has 2 N–H and O–H groups in total. The lowest BCUT2D eigenvalue weighted by Gasteiger charge is -2.26. The van der Waals surface area contributed by atoms with Gasteiger partial charge in [-0.3, -0.25) is 0 Å². The van der Waals surface area contributed by atoms with Gasteiger partial charge in [0.1, 0.15) is 22.3 Å². The normalized spacial score (nSPS) is 16.7. The number of aliphatic imine (C=N–C) groups is 1. The molecular formula is C23H20F3N3O2S. The van der Waals surface area contributed by atoms with Gasteiger partial charge in [0.15, 0.2) is 0 Å². The van der Waals surface area contributed by atoms with E-state index in [2.05, 4.69) is 15.0 Å². The van der Waals surface area contributed by atoms with Crippen molar-refractivity contribution in [2.45, 2.75) is 31.2 Å². The summed E-state index contributed by atoms with van der Waals surface area (Å²) in [5.74, 6) is -2.51. The molecule has 0 aromatic heterocycles. The standard InChI is InChI=1S/C23H20F3N3O2S/c1-13-15(6-5-9-17(13)24)12-27-23-28-22-20(32(30,31)29-23)11-10-19(26)21(22)14(2)16-7-3-4-8-18(16)25/h3-11,14H,12H2,1-2H3,(H2,27,28,29)/t14-/m1/s1. The van der Waals surface area contributed by atoms with Gasteiger partial charge in [-0.15, -0.1) is 0 Å². The number of halogens is 3. The Morgan fingerprint density at radius 2 is 1.66 bits per heavy atom. The summed E-state index contributed by atoms with van der Waals surface area (Å²) in [6, 6.07) is 12.7. The van der Waals surface area contributed by atoms with Gasteiger partial charge in [0.25, 0.3) is 10.0 Å². The number of rotatable bonds is 4. The smallest absolute Gasteiger partial charge is 0.266 e. The second-order valence-corrected chi connectivity index (χ2v) is 9.15. The molecule has 3 aromatic carbocycles. The van der Waals surface area contributed by atoms with Crippen LogP contribution in [0.1, 0.15) is 35.1 Å². The highest BCUT2D eigenvalue weighted by Gasteiger charge is 2.32. The quantitative estimate of drug-likeness (QED) is 0.588. The van der Waals surface area contributed by atoms with Crippen molar-refractivity contribution < 1.29 is 21.6 Å². The van der Waals surface area contributed by atoms with Crippen LogP contribution in [0.2, 0.25) is 0 Å². The third kappa shape index (κ3) is 3.95. The van der Waals surface area contributed by atoms with E-state index in [1.165, 1.54) is 30.3 Å². The van der Waals surface area contributed by atoms with Gasteiger partial charge in [0.05, 0.1) is 12.2 Å². The Morgan fingerprint density at radius 1 is 0.938 bits per heavy atom. The zero-order valence-electron chi connectivity index (χ0n) is 17.3. The van der Waals surface area contributed by atoms with E-state index in [0.717, 1.165) is 12.1 Å². The van der Waals surface area contributed by atoms with Gasteiger partial charge >= 0.3 is 0 Å². The highest BCUT2D eigenvalue weighted by Crippen LogP contribution is 2.38. The first kappa shape index (κ1) is 21.9. The number of hydrogen-bond acceptors (Lipinski definition) is 3. The number of guanidine groups is 1. The summed E-state index contributed by atoms with van der Waals surface area (Å²) in [4.78, 5) is 4.05. The molecule has 0 saturated heterocycles. The summed E-state index contributed by atoms with van der Waals surface area (Å²) in [6.45, 7) is 3.19. The van der Waals surface area contributed by atoms with Crippen LogP contribution < -0.4 is 10.0 Å². The van der Waals surface area contributed by atoms with Crippen LogP contribution in [-0.2, 0) is 16.6 Å². The Balaban J connectivity index is 1.78. The molecule has 32 heavy (non-hydrogen) atoms. The molecule has 0 aliphatic carbocycles. The van der Waals surface area contributed by atoms with Crippen molar-refractivity contribution in [1.29, 1.82) is 0 Å². The maximum absolute atomic E-state index is 14.9. The molecule has 0 amide bonds. The van der Waals surface area contributed by atoms with Crippen molar-refractivity contribution in [2.24, 2.45) is 4.99 Å². The van der Waals surface area contributed by atoms with E-state index in [4.69, 9.17) is 0 Å². The van der Waals surface area contributed by atoms with Crippen LogP contribution in [-0.4, -0.2) is 14.4 Å². The van der Waals surface area contributed by atoms with Gasteiger partial charge in [-0.1, -0.05) is 37.3 Å². The van der Waals surface area contributed by atoms with Gasteiger partial charge in [-0.05, 0) is 47.9 Å². The number of benzene rings is 3. The fourth-order valence-corrected chi connectivity index (χ4v) is 4.87. The van der Waals surface area contributed by atoms with E-state index in [0.29, 0.717) is 11.1 Å². The van der Waals surface area contributed by atoms with E-state index < -0.39 is 33.4 Å². The molecule has 1 aliphatic heterocycles. The van der Waals surface area contributed by atoms with E-state index in [1.807, 2.05) is 0 Å². The number of nitrogens with zero attached hydrogens (tertiary/aromatic N) is 1. The Morgan fingerprint density at radius 3 is 2.41 bits per heavy atom. The zero-order chi connectivity index (χ0) is 23.0. The molecule has 0 fully saturated rings. The highest BCUT2D eigenvalue weighted by atomic mass is 32.2. The van der Waals surface area contributed by atoms with Crippen LogP contribution in [0, 0.1) is 24.4 Å². The molecule has 0 saturated carbocycles. The van der Waals surface area contributed by atoms with Gasteiger partial charge in [0, 0.05) is 11.5 Å². The number of hydrogen-bond donors (Lipinski definition) is 2. The van der Waals surface area contributed by atoms with Crippen LogP contribution in [0.4, 0.5) is 18.9 Å². The van der Waals surface area contributed by atoms with E-state index in [1.54, 1.807) is 26.0 Å². The summed E-state index contributed by atoms with van der Waals surface area (Å²) in [5.41, 5.74) is 1.20. The Kier molecular flexibility index (Phi) is 5.68. The van der Waals surface area contributed by atoms with Crippen molar-refractivity contribution in [1.82, 2.24) is 4.72 Å². The second kappa shape index (κ2) is 8.31. The van der Waals surface area contributed by atoms with Crippen LogP contribution in [0.3, 0.4) is 0 Å². The topological polar surface area (TPSA) is 70.6 Å². The predicted molar refractivity (Wildman–Crippen MR) is 117 cm³/mol. The molecule has 4 rings (SSSR count). The van der Waals surface area contributed by atoms with Crippen molar-refractivity contribution in [3.05, 3.63) is 94.3 Å². The van der Waals surface area contributed by atoms with Crippen LogP contribution in [0.25, 0.3) is 0 Å². The van der Waals surface area contributed by atoms with Gasteiger partial charge in [-0.25, -0.2) is 31.3 Å². The summed E-state index contributed by atoms with van der Waals surface area (Å²) in [7, 11) is -4.06. The second-order valence-electron chi connectivity index (χ2n) is 7.50. The number of fused-ring (bicyclic) bond motifs is 1. The number of sulfonamides is 1. The Bertz CT molecular complexity index is 1340. The third-order valence-corrected chi connectivity index (χ3v) is 6.89. The van der Waals surface area contributed by atoms with E-state index >= 15 is 0 Å². The predicted octanol–water partition coefficient (Wildman–Crippen LogP) is 4.82. The lowest BCUT2D eigenvalue weighted by atomic mass is 9.91. The maximum atomic E-state index is 14.9. The minimum Gasteiger partial charge on any atom is -0.324 e. The Labute approximate surface area is 184 Å². The minimum absolute atomic E-state index is 0.00268. The third-order valence-electron chi connectivity index (χ3n) is 5.51. The minimum atomic E-state index is -4.06. The fraction of sp³-hybridized carbons (Fsp3) is 0.174. The molecule has 1 atom stereocenters. The first-order valence-electron chi connectivity index (χ1n) is 9.84. The van der Waals surface area contributed by atoms with Crippen LogP contribution in [0.5, 0.6) is 0 Å². The van der Waals surface area contributed by atoms with Gasteiger partial charge < -0.3 is 5.32 Å². The average Bonchev–Trinajstić information content (AvgIpc) is 2.74. The fourth-order valence-electron chi connectivity index (χ4n) is 3.72. The average molecular weight is 459 g/mol. The molecule has 1 aliphatic rings. The molecule has 0 radical (unpaired) electrons. The maximum Gasteiger partial charge on any atom is 0.266 e. The highest BCUT2D eigenvalue weighted by molar-refractivity contribution is 7.90. The lowest BCUT2D eigenvalue weighted by Crippen LogP contribution is -2.41. The SMILES string of the molecule is Cc1c(F)cccc1CN=C1Nc2c(ccc(F)c2[C@H](C)c2ccccc2F)S(=O)(=O)N1. The van der Waals surface area contributed by atoms with Gasteiger partial charge in [0.2, 0.25) is 5.96 Å². The molecular weight excluding hydrogens is 439 g/mol. The molecule has 5 nitrogen and oxygen atoms in total. The van der Waals surface area contributed by atoms with E-state index in [-0.39, 0.29) is 34.2 Å². The van der Waals surface area contributed by atoms with Gasteiger partial charge in [-0.2, -0.15) is 0 Å². The van der Waals surface area contributed by atoms with E-state index in [9.17, 15) is 21.6 Å². The van der Waals surface area contributed by atoms with Crippen molar-refractivity contribution in [3.63, 3.8) is 0 Å². The zero-order valence-corrected chi connectivity index (χ0v) is 18.1. The van der Waals surface area contributed by atoms with Crippen molar-refractivity contribution in [2.75, 3.05) is 5.32 Å². The lowest BCUT2D eigenvalue weighted by molar-refractivity contribution is 0.577. The molecule has 3 aromatic rings. The number of anilines is 1. The number of nitrogens with one attached hydrogen (secondary N) is 2. The summed E-state index contributed by atoms with van der Waals surface area (Å²) < 4.78 is 71.0. The summed E-state index contributed by atoms with van der Waals surface area (Å²) >= 11 is 0. The first-order valence-corrected chi connectivity index (χ1v) is 11.3. The Hall–Kier alpha value is -3.33. The monoisotopic (exact) mass is 459 g/mol. The van der Waals surface area contributed by atoms with Crippen molar-refractivity contribution in [3.8, 4) is 0 Å².